The predicted octanol–water partition coefficient (Wildman–Crippen LogP) is 2.22. The van der Waals surface area contributed by atoms with E-state index in [1.165, 1.54) is 0 Å². The van der Waals surface area contributed by atoms with Crippen molar-refractivity contribution in [2.75, 3.05) is 5.43 Å². The molecule has 2 heterocycles. The molecule has 0 bridgehead atoms. The Labute approximate surface area is 110 Å². The zero-order valence-electron chi connectivity index (χ0n) is 9.29. The van der Waals surface area contributed by atoms with Crippen LogP contribution in [0.5, 0.6) is 5.75 Å². The van der Waals surface area contributed by atoms with Crippen LogP contribution in [0.1, 0.15) is 5.56 Å². The second kappa shape index (κ2) is 4.93. The highest BCUT2D eigenvalue weighted by Crippen LogP contribution is 2.25. The van der Waals surface area contributed by atoms with Crippen molar-refractivity contribution in [3.63, 3.8) is 0 Å². The summed E-state index contributed by atoms with van der Waals surface area (Å²) >= 11 is 0. The fraction of sp³-hybridized carbons (Fsp3) is 0. The highest BCUT2D eigenvalue weighted by atomic mass is 35.5. The van der Waals surface area contributed by atoms with E-state index >= 15 is 0 Å². The molecule has 6 heteroatoms. The minimum atomic E-state index is 0. The van der Waals surface area contributed by atoms with Gasteiger partial charge in [-0.1, -0.05) is 0 Å². The van der Waals surface area contributed by atoms with Crippen LogP contribution < -0.4 is 10.9 Å². The number of hydrazine groups is 1. The molecule has 0 radical (unpaired) electrons. The van der Waals surface area contributed by atoms with E-state index in [1.54, 1.807) is 36.7 Å². The van der Waals surface area contributed by atoms with Crippen LogP contribution in [0.15, 0.2) is 47.7 Å². The first-order chi connectivity index (χ1) is 8.33. The Bertz CT molecular complexity index is 583. The van der Waals surface area contributed by atoms with Crippen molar-refractivity contribution >= 4 is 29.6 Å². The number of hydrogen-bond acceptors (Lipinski definition) is 5. The first-order valence-corrected chi connectivity index (χ1v) is 5.17. The fourth-order valence-corrected chi connectivity index (χ4v) is 1.61. The molecule has 0 amide bonds. The second-order valence-electron chi connectivity index (χ2n) is 3.65. The normalized spacial score (nSPS) is 12.3. The number of amidine groups is 1. The van der Waals surface area contributed by atoms with Gasteiger partial charge in [-0.25, -0.2) is 4.99 Å². The van der Waals surface area contributed by atoms with E-state index in [9.17, 15) is 5.11 Å². The number of aromatic hydroxyl groups is 1. The first kappa shape index (κ1) is 12.2. The minimum absolute atomic E-state index is 0. The van der Waals surface area contributed by atoms with Gasteiger partial charge in [0.05, 0.1) is 11.9 Å². The Morgan fingerprint density at radius 2 is 1.78 bits per heavy atom. The Morgan fingerprint density at radius 1 is 1.00 bits per heavy atom. The van der Waals surface area contributed by atoms with Crippen molar-refractivity contribution in [2.24, 2.45) is 4.99 Å². The van der Waals surface area contributed by atoms with Crippen molar-refractivity contribution in [2.45, 2.75) is 0 Å². The maximum absolute atomic E-state index is 9.23. The van der Waals surface area contributed by atoms with Crippen LogP contribution in [0.3, 0.4) is 0 Å². The summed E-state index contributed by atoms with van der Waals surface area (Å²) in [6.07, 6.45) is 3.40. The molecule has 3 rings (SSSR count). The smallest absolute Gasteiger partial charge is 0.152 e. The number of halogens is 1. The monoisotopic (exact) mass is 262 g/mol. The lowest BCUT2D eigenvalue weighted by Gasteiger charge is -2.18. The average Bonchev–Trinajstić information content (AvgIpc) is 2.39. The molecule has 0 spiro atoms. The van der Waals surface area contributed by atoms with E-state index in [4.69, 9.17) is 0 Å². The van der Waals surface area contributed by atoms with Gasteiger partial charge in [-0.2, -0.15) is 0 Å². The summed E-state index contributed by atoms with van der Waals surface area (Å²) in [7, 11) is 0. The number of rotatable bonds is 1. The molecule has 0 fully saturated rings. The maximum atomic E-state index is 9.23. The number of phenols is 1. The lowest BCUT2D eigenvalue weighted by Crippen LogP contribution is -2.32. The molecule has 3 N–H and O–H groups in total. The lowest BCUT2D eigenvalue weighted by molar-refractivity contribution is 0.475. The molecule has 1 aliphatic rings. The molecule has 2 aromatic rings. The van der Waals surface area contributed by atoms with Crippen LogP contribution >= 0.6 is 12.4 Å². The zero-order valence-corrected chi connectivity index (χ0v) is 10.1. The van der Waals surface area contributed by atoms with E-state index < -0.39 is 0 Å². The van der Waals surface area contributed by atoms with Crippen LogP contribution in [-0.2, 0) is 0 Å². The van der Waals surface area contributed by atoms with E-state index in [0.717, 1.165) is 16.9 Å². The number of pyridine rings is 1. The fourth-order valence-electron chi connectivity index (χ4n) is 1.61. The molecule has 18 heavy (non-hydrogen) atoms. The van der Waals surface area contributed by atoms with E-state index in [2.05, 4.69) is 20.8 Å². The topological polar surface area (TPSA) is 69.5 Å². The molecule has 5 nitrogen and oxygen atoms in total. The highest BCUT2D eigenvalue weighted by Gasteiger charge is 2.11. The molecular formula is C12H11ClN4O. The molecule has 1 aliphatic heterocycles. The summed E-state index contributed by atoms with van der Waals surface area (Å²) < 4.78 is 0. The van der Waals surface area contributed by atoms with Gasteiger partial charge in [-0.3, -0.25) is 15.8 Å². The van der Waals surface area contributed by atoms with Crippen LogP contribution in [0.25, 0.3) is 0 Å². The van der Waals surface area contributed by atoms with Crippen LogP contribution in [0.2, 0.25) is 0 Å². The molecule has 92 valence electrons. The number of aromatic nitrogens is 1. The maximum Gasteiger partial charge on any atom is 0.152 e. The Morgan fingerprint density at radius 3 is 2.56 bits per heavy atom. The number of phenolic OH excluding ortho intramolecular Hbond substituents is 1. The lowest BCUT2D eigenvalue weighted by atomic mass is 10.2. The van der Waals surface area contributed by atoms with Crippen LogP contribution in [-0.4, -0.2) is 15.9 Å². The van der Waals surface area contributed by atoms with Gasteiger partial charge in [-0.15, -0.1) is 12.4 Å². The van der Waals surface area contributed by atoms with Gasteiger partial charge in [0.2, 0.25) is 0 Å². The Hall–Kier alpha value is -2.27. The molecule has 1 aromatic carbocycles. The minimum Gasteiger partial charge on any atom is -0.508 e. The summed E-state index contributed by atoms with van der Waals surface area (Å²) in [4.78, 5) is 8.47. The van der Waals surface area contributed by atoms with Crippen molar-refractivity contribution in [1.82, 2.24) is 10.4 Å². The molecule has 0 unspecified atom stereocenters. The summed E-state index contributed by atoms with van der Waals surface area (Å²) in [5.74, 6) is 0.936. The van der Waals surface area contributed by atoms with Gasteiger partial charge < -0.3 is 5.11 Å². The van der Waals surface area contributed by atoms with Gasteiger partial charge in [0, 0.05) is 11.8 Å². The summed E-state index contributed by atoms with van der Waals surface area (Å²) in [5.41, 5.74) is 8.62. The number of fused-ring (bicyclic) bond motifs is 1. The van der Waals surface area contributed by atoms with Crippen molar-refractivity contribution in [3.8, 4) is 5.75 Å². The van der Waals surface area contributed by atoms with E-state index in [1.807, 2.05) is 6.07 Å². The zero-order chi connectivity index (χ0) is 11.7. The molecule has 0 aliphatic carbocycles. The molecular weight excluding hydrogens is 252 g/mol. The number of anilines is 1. The first-order valence-electron chi connectivity index (χ1n) is 5.17. The number of benzene rings is 1. The summed E-state index contributed by atoms with van der Waals surface area (Å²) in [5, 5.41) is 9.23. The largest absolute Gasteiger partial charge is 0.508 e. The third-order valence-electron chi connectivity index (χ3n) is 2.49. The number of hydrogen-bond donors (Lipinski definition) is 3. The molecule has 0 atom stereocenters. The van der Waals surface area contributed by atoms with Gasteiger partial charge in [-0.05, 0) is 30.3 Å². The number of aliphatic imine (C=N–C) groups is 1. The third-order valence-corrected chi connectivity index (χ3v) is 2.49. The summed E-state index contributed by atoms with van der Waals surface area (Å²) in [6.45, 7) is 0. The Kier molecular flexibility index (Phi) is 3.34. The van der Waals surface area contributed by atoms with Crippen LogP contribution in [0, 0.1) is 0 Å². The van der Waals surface area contributed by atoms with Gasteiger partial charge in [0.15, 0.2) is 5.84 Å². The average molecular weight is 263 g/mol. The van der Waals surface area contributed by atoms with Crippen molar-refractivity contribution < 1.29 is 5.11 Å². The third kappa shape index (κ3) is 2.21. The quantitative estimate of drug-likeness (QED) is 0.737. The highest BCUT2D eigenvalue weighted by molar-refractivity contribution is 6.03. The molecule has 0 saturated heterocycles. The van der Waals surface area contributed by atoms with E-state index in [-0.39, 0.29) is 18.2 Å². The van der Waals surface area contributed by atoms with Crippen LogP contribution in [0.4, 0.5) is 11.4 Å². The Balaban J connectivity index is 0.00000120. The molecule has 1 aromatic heterocycles. The number of nitrogens with one attached hydrogen (secondary N) is 2. The van der Waals surface area contributed by atoms with Crippen molar-refractivity contribution in [3.05, 3.63) is 48.3 Å². The standard InChI is InChI=1S/C12H10N4O.ClH/c17-9-3-1-8(2-4-9)12-14-11-7-13-6-5-10(11)15-16-12;/h1-7,15,17H,(H,14,16);1H. The second-order valence-corrected chi connectivity index (χ2v) is 3.65. The van der Waals surface area contributed by atoms with E-state index in [0.29, 0.717) is 5.84 Å². The predicted molar refractivity (Wildman–Crippen MR) is 72.5 cm³/mol. The van der Waals surface area contributed by atoms with Crippen molar-refractivity contribution in [1.29, 1.82) is 0 Å². The summed E-state index contributed by atoms with van der Waals surface area (Å²) in [6, 6.07) is 8.68. The molecule has 0 saturated carbocycles. The van der Waals surface area contributed by atoms with Gasteiger partial charge >= 0.3 is 0 Å². The van der Waals surface area contributed by atoms with Gasteiger partial charge in [0.1, 0.15) is 11.4 Å². The van der Waals surface area contributed by atoms with Gasteiger partial charge in [0.25, 0.3) is 0 Å². The SMILES string of the molecule is Cl.Oc1ccc(C2=Nc3cnccc3NN2)cc1. The number of nitrogens with zero attached hydrogens (tertiary/aromatic N) is 2.